The fourth-order valence-electron chi connectivity index (χ4n) is 3.28. The Balaban J connectivity index is 2.10. The van der Waals surface area contributed by atoms with Crippen molar-refractivity contribution in [2.75, 3.05) is 0 Å². The molecule has 0 aromatic carbocycles. The zero-order chi connectivity index (χ0) is 12.5. The smallest absolute Gasteiger partial charge is 0.00415 e. The summed E-state index contributed by atoms with van der Waals surface area (Å²) in [5, 5.41) is 0. The molecular formula is C16H33N. The van der Waals surface area contributed by atoms with Crippen molar-refractivity contribution in [2.45, 2.75) is 90.5 Å². The molecule has 0 aromatic rings. The second-order valence-electron chi connectivity index (χ2n) is 6.14. The second kappa shape index (κ2) is 8.97. The molecule has 2 N–H and O–H groups in total. The number of unbranched alkanes of at least 4 members (excludes halogenated alkanes) is 1. The van der Waals surface area contributed by atoms with Crippen molar-refractivity contribution >= 4 is 0 Å². The van der Waals surface area contributed by atoms with Gasteiger partial charge >= 0.3 is 0 Å². The molecule has 1 nitrogen and oxygen atoms in total. The van der Waals surface area contributed by atoms with Gasteiger partial charge in [0.25, 0.3) is 0 Å². The molecule has 0 amide bonds. The van der Waals surface area contributed by atoms with Crippen molar-refractivity contribution in [1.82, 2.24) is 0 Å². The van der Waals surface area contributed by atoms with Crippen LogP contribution in [0.25, 0.3) is 0 Å². The summed E-state index contributed by atoms with van der Waals surface area (Å²) in [6, 6.07) is 0.470. The van der Waals surface area contributed by atoms with E-state index in [1.165, 1.54) is 70.6 Å². The molecule has 0 heterocycles. The van der Waals surface area contributed by atoms with Gasteiger partial charge in [0, 0.05) is 6.04 Å². The van der Waals surface area contributed by atoms with E-state index in [1.54, 1.807) is 0 Å². The topological polar surface area (TPSA) is 26.0 Å². The lowest BCUT2D eigenvalue weighted by Gasteiger charge is -2.20. The SMILES string of the molecule is CCCCC(CC)CC(N)CCC1CCCC1. The Morgan fingerprint density at radius 1 is 1.12 bits per heavy atom. The normalized spacial score (nSPS) is 20.6. The van der Waals surface area contributed by atoms with Gasteiger partial charge < -0.3 is 5.73 Å². The Kier molecular flexibility index (Phi) is 7.92. The van der Waals surface area contributed by atoms with Crippen LogP contribution in [0.3, 0.4) is 0 Å². The van der Waals surface area contributed by atoms with Crippen molar-refractivity contribution in [3.63, 3.8) is 0 Å². The lowest BCUT2D eigenvalue weighted by Crippen LogP contribution is -2.24. The van der Waals surface area contributed by atoms with E-state index in [0.717, 1.165) is 11.8 Å². The highest BCUT2D eigenvalue weighted by molar-refractivity contribution is 4.73. The van der Waals surface area contributed by atoms with Crippen molar-refractivity contribution in [2.24, 2.45) is 17.6 Å². The molecule has 2 unspecified atom stereocenters. The fourth-order valence-corrected chi connectivity index (χ4v) is 3.28. The molecule has 0 bridgehead atoms. The first-order valence-electron chi connectivity index (χ1n) is 8.01. The van der Waals surface area contributed by atoms with E-state index in [-0.39, 0.29) is 0 Å². The Bertz CT molecular complexity index is 172. The molecule has 0 aromatic heterocycles. The molecule has 1 saturated carbocycles. The van der Waals surface area contributed by atoms with Gasteiger partial charge in [0.2, 0.25) is 0 Å². The van der Waals surface area contributed by atoms with Crippen LogP contribution in [0.4, 0.5) is 0 Å². The summed E-state index contributed by atoms with van der Waals surface area (Å²) in [7, 11) is 0. The van der Waals surface area contributed by atoms with E-state index in [9.17, 15) is 0 Å². The van der Waals surface area contributed by atoms with E-state index in [1.807, 2.05) is 0 Å². The Morgan fingerprint density at radius 3 is 2.41 bits per heavy atom. The van der Waals surface area contributed by atoms with Crippen LogP contribution in [0, 0.1) is 11.8 Å². The third-order valence-electron chi connectivity index (χ3n) is 4.60. The maximum absolute atomic E-state index is 6.30. The standard InChI is InChI=1S/C16H33N/c1-3-5-8-14(4-2)13-16(17)12-11-15-9-6-7-10-15/h14-16H,3-13,17H2,1-2H3. The van der Waals surface area contributed by atoms with Crippen LogP contribution >= 0.6 is 0 Å². The van der Waals surface area contributed by atoms with Gasteiger partial charge in [-0.3, -0.25) is 0 Å². The molecule has 2 atom stereocenters. The molecule has 17 heavy (non-hydrogen) atoms. The predicted octanol–water partition coefficient (Wildman–Crippen LogP) is 4.89. The van der Waals surface area contributed by atoms with Crippen molar-refractivity contribution in [1.29, 1.82) is 0 Å². The van der Waals surface area contributed by atoms with Crippen LogP contribution in [-0.2, 0) is 0 Å². The Labute approximate surface area is 109 Å². The van der Waals surface area contributed by atoms with Crippen LogP contribution in [0.5, 0.6) is 0 Å². The first kappa shape index (κ1) is 15.0. The van der Waals surface area contributed by atoms with Crippen molar-refractivity contribution < 1.29 is 0 Å². The summed E-state index contributed by atoms with van der Waals surface area (Å²) >= 11 is 0. The van der Waals surface area contributed by atoms with Crippen molar-refractivity contribution in [3.8, 4) is 0 Å². The van der Waals surface area contributed by atoms with Crippen LogP contribution in [0.2, 0.25) is 0 Å². The minimum Gasteiger partial charge on any atom is -0.328 e. The number of rotatable bonds is 9. The van der Waals surface area contributed by atoms with E-state index < -0.39 is 0 Å². The van der Waals surface area contributed by atoms with Crippen LogP contribution in [-0.4, -0.2) is 6.04 Å². The summed E-state index contributed by atoms with van der Waals surface area (Å²) in [4.78, 5) is 0. The van der Waals surface area contributed by atoms with Crippen molar-refractivity contribution in [3.05, 3.63) is 0 Å². The van der Waals surface area contributed by atoms with Gasteiger partial charge in [-0.15, -0.1) is 0 Å². The largest absolute Gasteiger partial charge is 0.328 e. The van der Waals surface area contributed by atoms with Gasteiger partial charge in [-0.1, -0.05) is 65.2 Å². The quantitative estimate of drug-likeness (QED) is 0.609. The average Bonchev–Trinajstić information content (AvgIpc) is 2.85. The highest BCUT2D eigenvalue weighted by Crippen LogP contribution is 2.29. The highest BCUT2D eigenvalue weighted by atomic mass is 14.6. The molecule has 0 spiro atoms. The van der Waals surface area contributed by atoms with Gasteiger partial charge in [-0.25, -0.2) is 0 Å². The molecule has 102 valence electrons. The first-order valence-corrected chi connectivity index (χ1v) is 8.01. The molecule has 0 radical (unpaired) electrons. The van der Waals surface area contributed by atoms with E-state index in [4.69, 9.17) is 5.73 Å². The minimum absolute atomic E-state index is 0.470. The second-order valence-corrected chi connectivity index (χ2v) is 6.14. The lowest BCUT2D eigenvalue weighted by atomic mass is 9.89. The number of hydrogen-bond donors (Lipinski definition) is 1. The van der Waals surface area contributed by atoms with Gasteiger partial charge in [0.1, 0.15) is 0 Å². The molecule has 1 fully saturated rings. The lowest BCUT2D eigenvalue weighted by molar-refractivity contribution is 0.354. The summed E-state index contributed by atoms with van der Waals surface area (Å²) in [6.07, 6.45) is 15.2. The number of hydrogen-bond acceptors (Lipinski definition) is 1. The molecule has 0 aliphatic heterocycles. The van der Waals surface area contributed by atoms with Crippen LogP contribution in [0.1, 0.15) is 84.5 Å². The Hall–Kier alpha value is -0.0400. The van der Waals surface area contributed by atoms with E-state index in [2.05, 4.69) is 13.8 Å². The summed E-state index contributed by atoms with van der Waals surface area (Å²) < 4.78 is 0. The van der Waals surface area contributed by atoms with Crippen LogP contribution in [0.15, 0.2) is 0 Å². The van der Waals surface area contributed by atoms with Gasteiger partial charge in [-0.2, -0.15) is 0 Å². The number of nitrogens with two attached hydrogens (primary N) is 1. The minimum atomic E-state index is 0.470. The van der Waals surface area contributed by atoms with Gasteiger partial charge in [0.15, 0.2) is 0 Å². The highest BCUT2D eigenvalue weighted by Gasteiger charge is 2.17. The first-order chi connectivity index (χ1) is 8.26. The van der Waals surface area contributed by atoms with Gasteiger partial charge in [0.05, 0.1) is 0 Å². The monoisotopic (exact) mass is 239 g/mol. The third-order valence-corrected chi connectivity index (χ3v) is 4.60. The molecule has 1 rings (SSSR count). The molecule has 1 aliphatic rings. The summed E-state index contributed by atoms with van der Waals surface area (Å²) in [6.45, 7) is 4.61. The summed E-state index contributed by atoms with van der Waals surface area (Å²) in [5.41, 5.74) is 6.30. The maximum Gasteiger partial charge on any atom is 0.00415 e. The molecular weight excluding hydrogens is 206 g/mol. The van der Waals surface area contributed by atoms with Crippen LogP contribution < -0.4 is 5.73 Å². The zero-order valence-electron chi connectivity index (χ0n) is 12.1. The zero-order valence-corrected chi connectivity index (χ0v) is 12.1. The molecule has 1 heteroatoms. The molecule has 1 aliphatic carbocycles. The maximum atomic E-state index is 6.30. The summed E-state index contributed by atoms with van der Waals surface area (Å²) in [5.74, 6) is 1.89. The average molecular weight is 239 g/mol. The molecule has 0 saturated heterocycles. The van der Waals surface area contributed by atoms with E-state index in [0.29, 0.717) is 6.04 Å². The Morgan fingerprint density at radius 2 is 1.82 bits per heavy atom. The third kappa shape index (κ3) is 6.45. The van der Waals surface area contributed by atoms with Gasteiger partial charge in [-0.05, 0) is 31.1 Å². The predicted molar refractivity (Wildman–Crippen MR) is 77.1 cm³/mol. The fraction of sp³-hybridized carbons (Fsp3) is 1.00. The van der Waals surface area contributed by atoms with E-state index >= 15 is 0 Å².